The standard InChI is InChI=1S/C18H25N5O2S/c1-2-14-3-5-16(6-4-14)26(24,25)22-10-7-15(8-11-22)18-21-20-17-13-19-9-12-23(17)18/h3-6,15,19H,2,7-13H2,1H3. The highest BCUT2D eigenvalue weighted by atomic mass is 32.2. The number of fused-ring (bicyclic) bond motifs is 1. The molecule has 0 unspecified atom stereocenters. The summed E-state index contributed by atoms with van der Waals surface area (Å²) in [7, 11) is -3.42. The van der Waals surface area contributed by atoms with E-state index in [1.54, 1.807) is 16.4 Å². The van der Waals surface area contributed by atoms with Crippen LogP contribution in [0.25, 0.3) is 0 Å². The van der Waals surface area contributed by atoms with E-state index in [0.29, 0.717) is 18.0 Å². The van der Waals surface area contributed by atoms with Crippen molar-refractivity contribution in [2.24, 2.45) is 0 Å². The van der Waals surface area contributed by atoms with Crippen molar-refractivity contribution >= 4 is 10.0 Å². The summed E-state index contributed by atoms with van der Waals surface area (Å²) in [5, 5.41) is 12.0. The number of hydrogen-bond acceptors (Lipinski definition) is 5. The van der Waals surface area contributed by atoms with E-state index in [2.05, 4.69) is 27.0 Å². The summed E-state index contributed by atoms with van der Waals surface area (Å²) in [6.07, 6.45) is 2.49. The summed E-state index contributed by atoms with van der Waals surface area (Å²) in [6.45, 7) is 5.70. The molecule has 1 aromatic carbocycles. The first-order valence-electron chi connectivity index (χ1n) is 9.31. The van der Waals surface area contributed by atoms with Crippen molar-refractivity contribution in [3.05, 3.63) is 41.5 Å². The van der Waals surface area contributed by atoms with Crippen molar-refractivity contribution in [1.29, 1.82) is 0 Å². The quantitative estimate of drug-likeness (QED) is 0.876. The van der Waals surface area contributed by atoms with Gasteiger partial charge in [0.2, 0.25) is 10.0 Å². The Morgan fingerprint density at radius 2 is 1.85 bits per heavy atom. The molecule has 3 heterocycles. The number of aryl methyl sites for hydroxylation is 1. The van der Waals surface area contributed by atoms with Crippen LogP contribution in [-0.4, -0.2) is 47.1 Å². The van der Waals surface area contributed by atoms with Crippen LogP contribution in [0.5, 0.6) is 0 Å². The topological polar surface area (TPSA) is 80.1 Å². The molecule has 0 bridgehead atoms. The maximum Gasteiger partial charge on any atom is 0.243 e. The van der Waals surface area contributed by atoms with Gasteiger partial charge in [0.1, 0.15) is 11.6 Å². The van der Waals surface area contributed by atoms with Crippen molar-refractivity contribution in [3.63, 3.8) is 0 Å². The second kappa shape index (κ2) is 7.09. The summed E-state index contributed by atoms with van der Waals surface area (Å²) in [5.74, 6) is 2.28. The van der Waals surface area contributed by atoms with E-state index >= 15 is 0 Å². The Morgan fingerprint density at radius 3 is 2.54 bits per heavy atom. The van der Waals surface area contributed by atoms with Gasteiger partial charge in [-0.2, -0.15) is 4.31 Å². The number of hydrogen-bond donors (Lipinski definition) is 1. The molecule has 2 aliphatic rings. The molecule has 1 N–H and O–H groups in total. The highest BCUT2D eigenvalue weighted by molar-refractivity contribution is 7.89. The van der Waals surface area contributed by atoms with Crippen molar-refractivity contribution in [2.45, 2.75) is 50.1 Å². The van der Waals surface area contributed by atoms with Gasteiger partial charge in [-0.3, -0.25) is 0 Å². The molecule has 4 rings (SSSR count). The van der Waals surface area contributed by atoms with Crippen LogP contribution in [0.4, 0.5) is 0 Å². The fourth-order valence-corrected chi connectivity index (χ4v) is 5.29. The largest absolute Gasteiger partial charge is 0.312 e. The molecule has 1 fully saturated rings. The molecule has 1 saturated heterocycles. The minimum atomic E-state index is -3.42. The van der Waals surface area contributed by atoms with E-state index in [1.165, 1.54) is 0 Å². The van der Waals surface area contributed by atoms with Crippen molar-refractivity contribution in [3.8, 4) is 0 Å². The van der Waals surface area contributed by atoms with Gasteiger partial charge in [-0.05, 0) is 37.0 Å². The molecule has 8 heteroatoms. The SMILES string of the molecule is CCc1ccc(S(=O)(=O)N2CCC(c3nnc4n3CCNC4)CC2)cc1. The van der Waals surface area contributed by atoms with Crippen molar-refractivity contribution in [2.75, 3.05) is 19.6 Å². The molecule has 26 heavy (non-hydrogen) atoms. The third-order valence-electron chi connectivity index (χ3n) is 5.44. The van der Waals surface area contributed by atoms with E-state index in [4.69, 9.17) is 0 Å². The zero-order valence-electron chi connectivity index (χ0n) is 15.1. The lowest BCUT2D eigenvalue weighted by molar-refractivity contribution is 0.307. The first-order chi connectivity index (χ1) is 12.6. The van der Waals surface area contributed by atoms with Gasteiger partial charge in [-0.25, -0.2) is 8.42 Å². The summed E-state index contributed by atoms with van der Waals surface area (Å²) in [5.41, 5.74) is 1.15. The molecule has 0 spiro atoms. The Labute approximate surface area is 154 Å². The monoisotopic (exact) mass is 375 g/mol. The molecule has 0 saturated carbocycles. The average molecular weight is 375 g/mol. The number of piperidine rings is 1. The molecule has 2 aromatic rings. The molecule has 0 amide bonds. The Bertz CT molecular complexity index is 867. The van der Waals surface area contributed by atoms with Gasteiger partial charge in [-0.1, -0.05) is 19.1 Å². The third-order valence-corrected chi connectivity index (χ3v) is 7.35. The first kappa shape index (κ1) is 17.6. The molecule has 2 aliphatic heterocycles. The summed E-state index contributed by atoms with van der Waals surface area (Å²) < 4.78 is 29.6. The number of nitrogens with one attached hydrogen (secondary N) is 1. The molecule has 0 atom stereocenters. The van der Waals surface area contributed by atoms with Crippen LogP contribution >= 0.6 is 0 Å². The maximum absolute atomic E-state index is 12.9. The Morgan fingerprint density at radius 1 is 1.12 bits per heavy atom. The first-order valence-corrected chi connectivity index (χ1v) is 10.8. The Kier molecular flexibility index (Phi) is 4.81. The molecular formula is C18H25N5O2S. The third kappa shape index (κ3) is 3.17. The second-order valence-corrected chi connectivity index (χ2v) is 8.92. The van der Waals surface area contributed by atoms with Gasteiger partial charge in [0.15, 0.2) is 0 Å². The van der Waals surface area contributed by atoms with Gasteiger partial charge in [0.25, 0.3) is 0 Å². The van der Waals surface area contributed by atoms with Crippen LogP contribution in [0.1, 0.15) is 42.9 Å². The van der Waals surface area contributed by atoms with Crippen LogP contribution < -0.4 is 5.32 Å². The Hall–Kier alpha value is -1.77. The summed E-state index contributed by atoms with van der Waals surface area (Å²) in [4.78, 5) is 0.388. The molecule has 1 aromatic heterocycles. The summed E-state index contributed by atoms with van der Waals surface area (Å²) >= 11 is 0. The van der Waals surface area contributed by atoms with Crippen LogP contribution in [0.2, 0.25) is 0 Å². The van der Waals surface area contributed by atoms with E-state index < -0.39 is 10.0 Å². The minimum Gasteiger partial charge on any atom is -0.312 e. The van der Waals surface area contributed by atoms with Crippen LogP contribution in [-0.2, 0) is 29.5 Å². The number of benzene rings is 1. The van der Waals surface area contributed by atoms with E-state index in [-0.39, 0.29) is 5.92 Å². The highest BCUT2D eigenvalue weighted by Gasteiger charge is 2.32. The molecule has 0 radical (unpaired) electrons. The van der Waals surface area contributed by atoms with E-state index in [1.807, 2.05) is 12.1 Å². The van der Waals surface area contributed by atoms with Gasteiger partial charge >= 0.3 is 0 Å². The maximum atomic E-state index is 12.9. The smallest absolute Gasteiger partial charge is 0.243 e. The van der Waals surface area contributed by atoms with Crippen LogP contribution in [0.15, 0.2) is 29.2 Å². The average Bonchev–Trinajstić information content (AvgIpc) is 3.12. The van der Waals surface area contributed by atoms with Crippen molar-refractivity contribution < 1.29 is 8.42 Å². The van der Waals surface area contributed by atoms with Crippen LogP contribution in [0, 0.1) is 0 Å². The number of nitrogens with zero attached hydrogens (tertiary/aromatic N) is 4. The van der Waals surface area contributed by atoms with Crippen molar-refractivity contribution in [1.82, 2.24) is 24.4 Å². The lowest BCUT2D eigenvalue weighted by atomic mass is 9.97. The predicted octanol–water partition coefficient (Wildman–Crippen LogP) is 1.51. The lowest BCUT2D eigenvalue weighted by Gasteiger charge is -2.31. The molecule has 140 valence electrons. The van der Waals surface area contributed by atoms with E-state index in [9.17, 15) is 8.42 Å². The van der Waals surface area contributed by atoms with Gasteiger partial charge in [0.05, 0.1) is 11.4 Å². The highest BCUT2D eigenvalue weighted by Crippen LogP contribution is 2.30. The zero-order valence-corrected chi connectivity index (χ0v) is 15.9. The lowest BCUT2D eigenvalue weighted by Crippen LogP contribution is -2.38. The van der Waals surface area contributed by atoms with Gasteiger partial charge in [0, 0.05) is 32.1 Å². The Balaban J connectivity index is 1.46. The van der Waals surface area contributed by atoms with E-state index in [0.717, 1.165) is 56.1 Å². The minimum absolute atomic E-state index is 0.281. The molecule has 0 aliphatic carbocycles. The predicted molar refractivity (Wildman–Crippen MR) is 98.3 cm³/mol. The van der Waals surface area contributed by atoms with Gasteiger partial charge < -0.3 is 9.88 Å². The van der Waals surface area contributed by atoms with Gasteiger partial charge in [-0.15, -0.1) is 10.2 Å². The molecular weight excluding hydrogens is 350 g/mol. The molecule has 7 nitrogen and oxygen atoms in total. The van der Waals surface area contributed by atoms with Crippen LogP contribution in [0.3, 0.4) is 0 Å². The normalized spacial score (nSPS) is 19.4. The zero-order chi connectivity index (χ0) is 18.1. The number of aromatic nitrogens is 3. The fraction of sp³-hybridized carbons (Fsp3) is 0.556. The number of rotatable bonds is 4. The summed E-state index contributed by atoms with van der Waals surface area (Å²) in [6, 6.07) is 7.25. The second-order valence-electron chi connectivity index (χ2n) is 6.98. The number of sulfonamides is 1. The fourth-order valence-electron chi connectivity index (χ4n) is 3.82.